The molecule has 1 rings (SSSR count). The van der Waals surface area contributed by atoms with Crippen LogP contribution < -0.4 is 11.1 Å². The Hall–Kier alpha value is -0.810. The van der Waals surface area contributed by atoms with Crippen LogP contribution in [0.25, 0.3) is 0 Å². The molecule has 1 atom stereocenters. The van der Waals surface area contributed by atoms with E-state index in [0.717, 1.165) is 19.3 Å². The zero-order chi connectivity index (χ0) is 12.4. The van der Waals surface area contributed by atoms with Gasteiger partial charge in [0.1, 0.15) is 5.60 Å². The summed E-state index contributed by atoms with van der Waals surface area (Å²) in [6, 6.07) is 0. The summed E-state index contributed by atoms with van der Waals surface area (Å²) in [4.78, 5) is 11.6. The van der Waals surface area contributed by atoms with Gasteiger partial charge in [-0.15, -0.1) is 0 Å². The Bertz CT molecular complexity index is 256. The van der Waals surface area contributed by atoms with Gasteiger partial charge in [-0.05, 0) is 40.0 Å². The number of nitrogens with two attached hydrogens (primary N) is 1. The molecule has 0 unspecified atom stereocenters. The van der Waals surface area contributed by atoms with E-state index >= 15 is 0 Å². The molecule has 0 heterocycles. The van der Waals surface area contributed by atoms with Crippen LogP contribution in [0.3, 0.4) is 0 Å². The van der Waals surface area contributed by atoms with Crippen LogP contribution in [0.15, 0.2) is 0 Å². The molecule has 0 saturated heterocycles. The number of hydrogen-bond acceptors (Lipinski definition) is 4. The molecule has 0 aromatic rings. The van der Waals surface area contributed by atoms with Gasteiger partial charge in [0, 0.05) is 6.54 Å². The molecule has 16 heavy (non-hydrogen) atoms. The largest absolute Gasteiger partial charge is 0.444 e. The van der Waals surface area contributed by atoms with E-state index in [-0.39, 0.29) is 6.54 Å². The summed E-state index contributed by atoms with van der Waals surface area (Å²) in [5, 5.41) is 12.5. The molecule has 1 amide bonds. The highest BCUT2D eigenvalue weighted by atomic mass is 16.6. The van der Waals surface area contributed by atoms with Gasteiger partial charge in [0.2, 0.25) is 0 Å². The van der Waals surface area contributed by atoms with Crippen LogP contribution >= 0.6 is 0 Å². The summed E-state index contributed by atoms with van der Waals surface area (Å²) in [7, 11) is 0. The first kappa shape index (κ1) is 13.3. The second-order valence-electron chi connectivity index (χ2n) is 5.39. The molecule has 1 aliphatic rings. The maximum Gasteiger partial charge on any atom is 0.408 e. The molecule has 5 heteroatoms. The Morgan fingerprint density at radius 1 is 1.56 bits per heavy atom. The number of carbonyl (C=O) groups excluding carboxylic acids is 1. The zero-order valence-electron chi connectivity index (χ0n) is 10.2. The van der Waals surface area contributed by atoms with E-state index in [1.165, 1.54) is 0 Å². The predicted octanol–water partition coefficient (Wildman–Crippen LogP) is 0.753. The number of aliphatic hydroxyl groups is 1. The normalized spacial score (nSPS) is 20.8. The van der Waals surface area contributed by atoms with E-state index in [0.29, 0.717) is 0 Å². The van der Waals surface area contributed by atoms with Crippen molar-refractivity contribution in [3.05, 3.63) is 0 Å². The highest BCUT2D eigenvalue weighted by Gasteiger charge is 2.44. The van der Waals surface area contributed by atoms with Crippen LogP contribution in [-0.4, -0.2) is 35.0 Å². The van der Waals surface area contributed by atoms with Crippen molar-refractivity contribution in [2.75, 3.05) is 6.54 Å². The lowest BCUT2D eigenvalue weighted by atomic mass is 9.72. The van der Waals surface area contributed by atoms with Gasteiger partial charge < -0.3 is 20.9 Å². The lowest BCUT2D eigenvalue weighted by Crippen LogP contribution is -2.63. The summed E-state index contributed by atoms with van der Waals surface area (Å²) in [6.45, 7) is 5.56. The maximum absolute atomic E-state index is 11.6. The molecular formula is C11H22N2O3. The smallest absolute Gasteiger partial charge is 0.408 e. The van der Waals surface area contributed by atoms with E-state index in [9.17, 15) is 9.90 Å². The Morgan fingerprint density at radius 2 is 2.12 bits per heavy atom. The maximum atomic E-state index is 11.6. The molecule has 4 N–H and O–H groups in total. The van der Waals surface area contributed by atoms with Crippen LogP contribution in [0.4, 0.5) is 4.79 Å². The van der Waals surface area contributed by atoms with E-state index in [1.54, 1.807) is 20.8 Å². The molecule has 0 aromatic heterocycles. The third kappa shape index (κ3) is 3.09. The van der Waals surface area contributed by atoms with Crippen LogP contribution in [0.2, 0.25) is 0 Å². The number of ether oxygens (including phenoxy) is 1. The summed E-state index contributed by atoms with van der Waals surface area (Å²) < 4.78 is 5.16. The first-order chi connectivity index (χ1) is 7.29. The van der Waals surface area contributed by atoms with Crippen LogP contribution in [0.5, 0.6) is 0 Å². The van der Waals surface area contributed by atoms with Crippen molar-refractivity contribution >= 4 is 6.09 Å². The first-order valence-corrected chi connectivity index (χ1v) is 5.68. The van der Waals surface area contributed by atoms with Gasteiger partial charge in [0.05, 0.1) is 11.6 Å². The molecule has 0 spiro atoms. The summed E-state index contributed by atoms with van der Waals surface area (Å²) in [6.07, 6.45) is 1.32. The number of amides is 1. The molecule has 5 nitrogen and oxygen atoms in total. The average molecular weight is 230 g/mol. The van der Waals surface area contributed by atoms with Crippen LogP contribution in [-0.2, 0) is 4.74 Å². The van der Waals surface area contributed by atoms with E-state index in [1.807, 2.05) is 0 Å². The fourth-order valence-corrected chi connectivity index (χ4v) is 1.83. The fraction of sp³-hybridized carbons (Fsp3) is 0.909. The van der Waals surface area contributed by atoms with Gasteiger partial charge in [-0.2, -0.15) is 0 Å². The van der Waals surface area contributed by atoms with Crippen molar-refractivity contribution in [1.29, 1.82) is 0 Å². The summed E-state index contributed by atoms with van der Waals surface area (Å²) in [5.41, 5.74) is 4.33. The third-order valence-electron chi connectivity index (χ3n) is 2.86. The first-order valence-electron chi connectivity index (χ1n) is 5.68. The highest BCUT2D eigenvalue weighted by Crippen LogP contribution is 2.35. The van der Waals surface area contributed by atoms with Gasteiger partial charge in [-0.25, -0.2) is 4.79 Å². The minimum Gasteiger partial charge on any atom is -0.444 e. The van der Waals surface area contributed by atoms with E-state index < -0.39 is 23.3 Å². The van der Waals surface area contributed by atoms with Crippen LogP contribution in [0.1, 0.15) is 40.0 Å². The quantitative estimate of drug-likeness (QED) is 0.668. The number of hydrogen-bond donors (Lipinski definition) is 3. The number of aliphatic hydroxyl groups excluding tert-OH is 1. The molecule has 0 radical (unpaired) electrons. The van der Waals surface area contributed by atoms with Gasteiger partial charge in [-0.3, -0.25) is 0 Å². The highest BCUT2D eigenvalue weighted by molar-refractivity contribution is 5.69. The van der Waals surface area contributed by atoms with Gasteiger partial charge in [0.25, 0.3) is 0 Å². The minimum atomic E-state index is -0.700. The Kier molecular flexibility index (Phi) is 3.80. The average Bonchev–Trinajstić information content (AvgIpc) is 2.07. The summed E-state index contributed by atoms with van der Waals surface area (Å²) >= 11 is 0. The second kappa shape index (κ2) is 4.59. The Labute approximate surface area is 96.3 Å². The molecule has 94 valence electrons. The molecule has 0 aromatic carbocycles. The zero-order valence-corrected chi connectivity index (χ0v) is 10.2. The van der Waals surface area contributed by atoms with E-state index in [4.69, 9.17) is 10.5 Å². The number of rotatable bonds is 3. The Morgan fingerprint density at radius 3 is 2.44 bits per heavy atom. The molecule has 0 bridgehead atoms. The van der Waals surface area contributed by atoms with Crippen LogP contribution in [0, 0.1) is 0 Å². The molecule has 1 fully saturated rings. The van der Waals surface area contributed by atoms with Gasteiger partial charge in [-0.1, -0.05) is 0 Å². The van der Waals surface area contributed by atoms with E-state index in [2.05, 4.69) is 5.32 Å². The van der Waals surface area contributed by atoms with Crippen molar-refractivity contribution in [3.8, 4) is 0 Å². The number of alkyl carbamates (subject to hydrolysis) is 1. The van der Waals surface area contributed by atoms with Crippen molar-refractivity contribution in [3.63, 3.8) is 0 Å². The van der Waals surface area contributed by atoms with Crippen molar-refractivity contribution in [2.45, 2.75) is 57.3 Å². The number of carbonyl (C=O) groups is 1. The minimum absolute atomic E-state index is 0.149. The summed E-state index contributed by atoms with van der Waals surface area (Å²) in [5.74, 6) is 0. The molecule has 0 aliphatic heterocycles. The lowest BCUT2D eigenvalue weighted by Gasteiger charge is -2.45. The third-order valence-corrected chi connectivity index (χ3v) is 2.86. The molecular weight excluding hydrogens is 208 g/mol. The predicted molar refractivity (Wildman–Crippen MR) is 61.0 cm³/mol. The van der Waals surface area contributed by atoms with Crippen molar-refractivity contribution in [2.24, 2.45) is 5.73 Å². The Balaban J connectivity index is 2.54. The van der Waals surface area contributed by atoms with Gasteiger partial charge in [0.15, 0.2) is 0 Å². The molecule has 1 aliphatic carbocycles. The second-order valence-corrected chi connectivity index (χ2v) is 5.39. The van der Waals surface area contributed by atoms with Gasteiger partial charge >= 0.3 is 6.09 Å². The monoisotopic (exact) mass is 230 g/mol. The molecule has 1 saturated carbocycles. The topological polar surface area (TPSA) is 84.6 Å². The lowest BCUT2D eigenvalue weighted by molar-refractivity contribution is -0.00530. The SMILES string of the molecule is CC(C)(C)OC(=O)NC1([C@H](O)CN)CCC1. The fourth-order valence-electron chi connectivity index (χ4n) is 1.83. The van der Waals surface area contributed by atoms with Crippen molar-refractivity contribution in [1.82, 2.24) is 5.32 Å². The van der Waals surface area contributed by atoms with Crippen molar-refractivity contribution < 1.29 is 14.6 Å². The number of nitrogens with one attached hydrogen (secondary N) is 1. The standard InChI is InChI=1S/C11H22N2O3/c1-10(2,3)16-9(15)13-11(5-4-6-11)8(14)7-12/h8,14H,4-7,12H2,1-3H3,(H,13,15)/t8-/m1/s1.